The van der Waals surface area contributed by atoms with Crippen LogP contribution in [0.3, 0.4) is 0 Å². The number of carbonyl (C=O) groups excluding carboxylic acids is 2. The summed E-state index contributed by atoms with van der Waals surface area (Å²) in [5, 5.41) is 12.6. The van der Waals surface area contributed by atoms with Crippen molar-refractivity contribution in [1.29, 1.82) is 0 Å². The third kappa shape index (κ3) is 5.85. The van der Waals surface area contributed by atoms with E-state index in [1.165, 1.54) is 6.92 Å². The monoisotopic (exact) mass is 357 g/mol. The van der Waals surface area contributed by atoms with Crippen molar-refractivity contribution in [3.05, 3.63) is 34.3 Å². The van der Waals surface area contributed by atoms with E-state index in [0.717, 1.165) is 4.47 Å². The number of halogens is 1. The van der Waals surface area contributed by atoms with E-state index in [0.29, 0.717) is 5.56 Å². The van der Waals surface area contributed by atoms with Gasteiger partial charge in [0, 0.05) is 10.0 Å². The molecule has 0 spiro atoms. The highest BCUT2D eigenvalue weighted by Gasteiger charge is 2.35. The lowest BCUT2D eigenvalue weighted by atomic mass is 10.1. The van der Waals surface area contributed by atoms with Crippen molar-refractivity contribution in [3.63, 3.8) is 0 Å². The summed E-state index contributed by atoms with van der Waals surface area (Å²) in [5.74, 6) is -1.14. The lowest BCUT2D eigenvalue weighted by Gasteiger charge is -2.27. The number of esters is 1. The topological polar surface area (TPSA) is 75.6 Å². The molecule has 21 heavy (non-hydrogen) atoms. The summed E-state index contributed by atoms with van der Waals surface area (Å²) < 4.78 is 5.97. The predicted molar refractivity (Wildman–Crippen MR) is 82.9 cm³/mol. The van der Waals surface area contributed by atoms with E-state index in [2.05, 4.69) is 21.2 Å². The zero-order chi connectivity index (χ0) is 16.3. The quantitative estimate of drug-likeness (QED) is 0.810. The average molecular weight is 358 g/mol. The summed E-state index contributed by atoms with van der Waals surface area (Å²) in [6, 6.07) is 6.76. The molecule has 1 rings (SSSR count). The van der Waals surface area contributed by atoms with E-state index in [1.54, 1.807) is 45.0 Å². The summed E-state index contributed by atoms with van der Waals surface area (Å²) in [6.45, 7) is 6.21. The van der Waals surface area contributed by atoms with Crippen LogP contribution >= 0.6 is 15.9 Å². The van der Waals surface area contributed by atoms with Gasteiger partial charge in [-0.1, -0.05) is 15.9 Å². The highest BCUT2D eigenvalue weighted by molar-refractivity contribution is 9.10. The Morgan fingerprint density at radius 2 is 1.71 bits per heavy atom. The van der Waals surface area contributed by atoms with Crippen molar-refractivity contribution in [2.24, 2.45) is 0 Å². The molecule has 0 bridgehead atoms. The molecule has 116 valence electrons. The van der Waals surface area contributed by atoms with Gasteiger partial charge in [-0.05, 0) is 52.0 Å². The standard InChI is InChI=1S/C15H20BrNO4/c1-14(2,3)21-13(19)15(4,20)9-17-12(18)10-5-7-11(16)8-6-10/h5-8,20H,9H2,1-4H3,(H,17,18)/t15-/m1/s1. The summed E-state index contributed by atoms with van der Waals surface area (Å²) in [4.78, 5) is 23.8. The molecule has 0 saturated heterocycles. The van der Waals surface area contributed by atoms with Gasteiger partial charge in [-0.25, -0.2) is 4.79 Å². The van der Waals surface area contributed by atoms with E-state index < -0.39 is 17.2 Å². The molecule has 1 aromatic carbocycles. The zero-order valence-corrected chi connectivity index (χ0v) is 14.2. The second-order valence-corrected chi connectivity index (χ2v) is 6.88. The summed E-state index contributed by atoms with van der Waals surface area (Å²) in [7, 11) is 0. The molecule has 2 N–H and O–H groups in total. The van der Waals surface area contributed by atoms with Gasteiger partial charge in [0.05, 0.1) is 6.54 Å². The fourth-order valence-corrected chi connectivity index (χ4v) is 1.68. The molecule has 1 atom stereocenters. The molecule has 0 aliphatic carbocycles. The number of amides is 1. The molecule has 0 heterocycles. The van der Waals surface area contributed by atoms with Crippen LogP contribution in [-0.2, 0) is 9.53 Å². The molecule has 0 saturated carbocycles. The molecule has 6 heteroatoms. The van der Waals surface area contributed by atoms with Crippen LogP contribution in [0.2, 0.25) is 0 Å². The van der Waals surface area contributed by atoms with Crippen LogP contribution in [0.15, 0.2) is 28.7 Å². The molecule has 0 unspecified atom stereocenters. The highest BCUT2D eigenvalue weighted by Crippen LogP contribution is 2.14. The third-order valence-corrected chi connectivity index (χ3v) is 3.07. The average Bonchev–Trinajstić information content (AvgIpc) is 2.35. The van der Waals surface area contributed by atoms with Crippen molar-refractivity contribution >= 4 is 27.8 Å². The normalized spacial score (nSPS) is 14.2. The maximum atomic E-state index is 11.9. The highest BCUT2D eigenvalue weighted by atomic mass is 79.9. The fraction of sp³-hybridized carbons (Fsp3) is 0.467. The Morgan fingerprint density at radius 3 is 2.19 bits per heavy atom. The van der Waals surface area contributed by atoms with E-state index in [1.807, 2.05) is 0 Å². The SMILES string of the molecule is CC(C)(C)OC(=O)[C@](C)(O)CNC(=O)c1ccc(Br)cc1. The molecular weight excluding hydrogens is 338 g/mol. The Labute approximate surface area is 132 Å². The molecule has 0 aromatic heterocycles. The van der Waals surface area contributed by atoms with Gasteiger partial charge >= 0.3 is 5.97 Å². The lowest BCUT2D eigenvalue weighted by Crippen LogP contribution is -2.49. The van der Waals surface area contributed by atoms with Gasteiger partial charge in [-0.15, -0.1) is 0 Å². The van der Waals surface area contributed by atoms with Gasteiger partial charge in [0.25, 0.3) is 5.91 Å². The Hall–Kier alpha value is -1.40. The summed E-state index contributed by atoms with van der Waals surface area (Å²) >= 11 is 3.28. The number of ether oxygens (including phenoxy) is 1. The number of carbonyl (C=O) groups is 2. The minimum atomic E-state index is -1.78. The van der Waals surface area contributed by atoms with Gasteiger partial charge < -0.3 is 15.2 Å². The van der Waals surface area contributed by atoms with Crippen molar-refractivity contribution in [2.75, 3.05) is 6.54 Å². The summed E-state index contributed by atoms with van der Waals surface area (Å²) in [6.07, 6.45) is 0. The first-order valence-corrected chi connectivity index (χ1v) is 7.30. The van der Waals surface area contributed by atoms with Crippen molar-refractivity contribution in [3.8, 4) is 0 Å². The second kappa shape index (κ2) is 6.58. The van der Waals surface area contributed by atoms with Crippen LogP contribution < -0.4 is 5.32 Å². The number of nitrogens with one attached hydrogen (secondary N) is 1. The van der Waals surface area contributed by atoms with Gasteiger partial charge in [0.1, 0.15) is 5.60 Å². The van der Waals surface area contributed by atoms with E-state index in [-0.39, 0.29) is 12.5 Å². The van der Waals surface area contributed by atoms with Gasteiger partial charge in [-0.3, -0.25) is 4.79 Å². The van der Waals surface area contributed by atoms with Crippen LogP contribution in [0, 0.1) is 0 Å². The first-order valence-electron chi connectivity index (χ1n) is 6.51. The Kier molecular flexibility index (Phi) is 5.53. The lowest BCUT2D eigenvalue weighted by molar-refractivity contribution is -0.174. The van der Waals surface area contributed by atoms with Crippen LogP contribution in [0.5, 0.6) is 0 Å². The van der Waals surface area contributed by atoms with Crippen LogP contribution in [0.25, 0.3) is 0 Å². The van der Waals surface area contributed by atoms with Gasteiger partial charge in [0.15, 0.2) is 5.60 Å². The maximum absolute atomic E-state index is 11.9. The van der Waals surface area contributed by atoms with Crippen molar-refractivity contribution < 1.29 is 19.4 Å². The molecule has 0 radical (unpaired) electrons. The van der Waals surface area contributed by atoms with Crippen molar-refractivity contribution in [2.45, 2.75) is 38.9 Å². The van der Waals surface area contributed by atoms with Crippen LogP contribution in [-0.4, -0.2) is 34.7 Å². The van der Waals surface area contributed by atoms with Gasteiger partial charge in [-0.2, -0.15) is 0 Å². The maximum Gasteiger partial charge on any atom is 0.340 e. The molecular formula is C15H20BrNO4. The Morgan fingerprint density at radius 1 is 1.19 bits per heavy atom. The van der Waals surface area contributed by atoms with E-state index in [9.17, 15) is 14.7 Å². The van der Waals surface area contributed by atoms with E-state index in [4.69, 9.17) is 4.74 Å². The number of hydrogen-bond donors (Lipinski definition) is 2. The number of hydrogen-bond acceptors (Lipinski definition) is 4. The minimum absolute atomic E-state index is 0.225. The first kappa shape index (κ1) is 17.7. The predicted octanol–water partition coefficient (Wildman–Crippen LogP) is 2.27. The third-order valence-electron chi connectivity index (χ3n) is 2.54. The number of aliphatic hydroxyl groups is 1. The molecule has 1 aromatic rings. The first-order chi connectivity index (χ1) is 9.51. The molecule has 0 fully saturated rings. The molecule has 5 nitrogen and oxygen atoms in total. The van der Waals surface area contributed by atoms with Crippen LogP contribution in [0.4, 0.5) is 0 Å². The number of rotatable bonds is 4. The summed E-state index contributed by atoms with van der Waals surface area (Å²) in [5.41, 5.74) is -2.03. The second-order valence-electron chi connectivity index (χ2n) is 5.97. The smallest absolute Gasteiger partial charge is 0.340 e. The molecule has 0 aliphatic rings. The minimum Gasteiger partial charge on any atom is -0.458 e. The molecule has 0 aliphatic heterocycles. The van der Waals surface area contributed by atoms with Gasteiger partial charge in [0.2, 0.25) is 0 Å². The Balaban J connectivity index is 2.62. The largest absolute Gasteiger partial charge is 0.458 e. The van der Waals surface area contributed by atoms with Crippen LogP contribution in [0.1, 0.15) is 38.1 Å². The van der Waals surface area contributed by atoms with E-state index >= 15 is 0 Å². The van der Waals surface area contributed by atoms with Crippen molar-refractivity contribution in [1.82, 2.24) is 5.32 Å². The fourth-order valence-electron chi connectivity index (χ4n) is 1.42. The zero-order valence-electron chi connectivity index (χ0n) is 12.6. The molecule has 1 amide bonds. The number of benzene rings is 1. The Bertz CT molecular complexity index is 517.